The Bertz CT molecular complexity index is 461. The molecule has 0 aromatic carbocycles. The smallest absolute Gasteiger partial charge is 0.326 e. The van der Waals surface area contributed by atoms with Gasteiger partial charge in [-0.25, -0.2) is 0 Å². The quantitative estimate of drug-likeness (QED) is 0.288. The van der Waals surface area contributed by atoms with Crippen LogP contribution in [0, 0.1) is 15.5 Å². The SMILES string of the molecule is CCOC(=O)C(C)(C(C)=O)C(C)(COC1CCCCO1)[N+](=O)[O-]. The molecule has 132 valence electrons. The lowest BCUT2D eigenvalue weighted by atomic mass is 9.69. The van der Waals surface area contributed by atoms with Crippen molar-refractivity contribution in [1.82, 2.24) is 0 Å². The van der Waals surface area contributed by atoms with Gasteiger partial charge in [0.15, 0.2) is 17.5 Å². The van der Waals surface area contributed by atoms with Crippen LogP contribution in [0.15, 0.2) is 0 Å². The molecule has 0 aromatic heterocycles. The number of Topliss-reactive ketones (excluding diaryl/α,β-unsaturated/α-hetero) is 1. The average Bonchev–Trinajstić information content (AvgIpc) is 2.52. The van der Waals surface area contributed by atoms with E-state index in [1.54, 1.807) is 6.92 Å². The molecule has 0 amide bonds. The Balaban J connectivity index is 3.04. The lowest BCUT2D eigenvalue weighted by molar-refractivity contribution is -0.585. The first-order valence-electron chi connectivity index (χ1n) is 7.76. The van der Waals surface area contributed by atoms with Crippen molar-refractivity contribution in [2.75, 3.05) is 19.8 Å². The number of rotatable bonds is 8. The molecule has 0 aliphatic carbocycles. The number of carbonyl (C=O) groups excluding carboxylic acids is 2. The first kappa shape index (κ1) is 19.5. The zero-order chi connectivity index (χ0) is 17.7. The summed E-state index contributed by atoms with van der Waals surface area (Å²) in [6, 6.07) is 0. The Hall–Kier alpha value is -1.54. The standard InChI is InChI=1S/C15H25NO7/c1-5-21-13(18)15(4,11(2)17)14(3,16(19)20)10-23-12-8-6-7-9-22-12/h12H,5-10H2,1-4H3. The van der Waals surface area contributed by atoms with Crippen LogP contribution in [0.1, 0.15) is 47.0 Å². The lowest BCUT2D eigenvalue weighted by Crippen LogP contribution is -2.61. The lowest BCUT2D eigenvalue weighted by Gasteiger charge is -2.36. The van der Waals surface area contributed by atoms with Crippen LogP contribution in [0.3, 0.4) is 0 Å². The maximum absolute atomic E-state index is 12.3. The van der Waals surface area contributed by atoms with Crippen molar-refractivity contribution in [1.29, 1.82) is 0 Å². The molecule has 0 bridgehead atoms. The number of hydrogen-bond acceptors (Lipinski definition) is 7. The predicted octanol–water partition coefficient (Wildman–Crippen LogP) is 1.72. The second-order valence-electron chi connectivity index (χ2n) is 6.04. The molecule has 0 N–H and O–H groups in total. The van der Waals surface area contributed by atoms with Crippen LogP contribution in [-0.4, -0.2) is 48.3 Å². The van der Waals surface area contributed by atoms with Gasteiger partial charge in [0, 0.05) is 18.5 Å². The molecule has 23 heavy (non-hydrogen) atoms. The molecule has 0 saturated carbocycles. The molecular formula is C15H25NO7. The van der Waals surface area contributed by atoms with Crippen LogP contribution in [-0.2, 0) is 23.8 Å². The molecule has 1 rings (SSSR count). The topological polar surface area (TPSA) is 105 Å². The predicted molar refractivity (Wildman–Crippen MR) is 80.4 cm³/mol. The number of hydrogen-bond donors (Lipinski definition) is 0. The highest BCUT2D eigenvalue weighted by Gasteiger charge is 2.64. The number of carbonyl (C=O) groups is 2. The van der Waals surface area contributed by atoms with Crippen LogP contribution >= 0.6 is 0 Å². The van der Waals surface area contributed by atoms with Crippen LogP contribution in [0.2, 0.25) is 0 Å². The number of ketones is 1. The highest BCUT2D eigenvalue weighted by Crippen LogP contribution is 2.37. The maximum atomic E-state index is 12.3. The summed E-state index contributed by atoms with van der Waals surface area (Å²) in [5, 5.41) is 11.7. The van der Waals surface area contributed by atoms with E-state index >= 15 is 0 Å². The molecular weight excluding hydrogens is 306 g/mol. The van der Waals surface area contributed by atoms with E-state index in [9.17, 15) is 19.7 Å². The van der Waals surface area contributed by atoms with Gasteiger partial charge in [0.05, 0.1) is 6.61 Å². The number of ether oxygens (including phenoxy) is 3. The molecule has 0 spiro atoms. The molecule has 3 unspecified atom stereocenters. The van der Waals surface area contributed by atoms with E-state index in [1.807, 2.05) is 0 Å². The summed E-state index contributed by atoms with van der Waals surface area (Å²) in [6.07, 6.45) is 1.90. The van der Waals surface area contributed by atoms with Crippen molar-refractivity contribution in [2.45, 2.75) is 58.8 Å². The van der Waals surface area contributed by atoms with E-state index < -0.39 is 40.5 Å². The zero-order valence-corrected chi connectivity index (χ0v) is 14.1. The minimum atomic E-state index is -1.95. The van der Waals surface area contributed by atoms with Crippen LogP contribution < -0.4 is 0 Å². The first-order chi connectivity index (χ1) is 10.7. The van der Waals surface area contributed by atoms with Gasteiger partial charge in [-0.15, -0.1) is 0 Å². The van der Waals surface area contributed by atoms with Gasteiger partial charge in [0.2, 0.25) is 0 Å². The van der Waals surface area contributed by atoms with Crippen LogP contribution in [0.5, 0.6) is 0 Å². The third kappa shape index (κ3) is 3.87. The molecule has 3 atom stereocenters. The van der Waals surface area contributed by atoms with Gasteiger partial charge in [-0.1, -0.05) is 0 Å². The van der Waals surface area contributed by atoms with Crippen molar-refractivity contribution in [3.63, 3.8) is 0 Å². The van der Waals surface area contributed by atoms with Gasteiger partial charge in [-0.3, -0.25) is 19.7 Å². The minimum Gasteiger partial charge on any atom is -0.465 e. The van der Waals surface area contributed by atoms with Crippen molar-refractivity contribution >= 4 is 11.8 Å². The Morgan fingerprint density at radius 1 is 1.35 bits per heavy atom. The number of nitro groups is 1. The molecule has 1 fully saturated rings. The molecule has 0 radical (unpaired) electrons. The fraction of sp³-hybridized carbons (Fsp3) is 0.867. The van der Waals surface area contributed by atoms with E-state index in [2.05, 4.69) is 0 Å². The maximum Gasteiger partial charge on any atom is 0.326 e. The van der Waals surface area contributed by atoms with E-state index in [4.69, 9.17) is 14.2 Å². The summed E-state index contributed by atoms with van der Waals surface area (Å²) < 4.78 is 15.8. The minimum absolute atomic E-state index is 0.0299. The summed E-state index contributed by atoms with van der Waals surface area (Å²) in [7, 11) is 0. The van der Waals surface area contributed by atoms with Crippen molar-refractivity contribution in [3.8, 4) is 0 Å². The summed E-state index contributed by atoms with van der Waals surface area (Å²) >= 11 is 0. The summed E-state index contributed by atoms with van der Waals surface area (Å²) in [5.74, 6) is -1.55. The van der Waals surface area contributed by atoms with E-state index in [-0.39, 0.29) is 6.61 Å². The van der Waals surface area contributed by atoms with Crippen LogP contribution in [0.25, 0.3) is 0 Å². The van der Waals surface area contributed by atoms with Gasteiger partial charge in [0.1, 0.15) is 6.61 Å². The molecule has 8 nitrogen and oxygen atoms in total. The Kier molecular flexibility index (Phi) is 6.64. The Morgan fingerprint density at radius 2 is 2.00 bits per heavy atom. The fourth-order valence-electron chi connectivity index (χ4n) is 2.50. The van der Waals surface area contributed by atoms with Crippen molar-refractivity contribution in [2.24, 2.45) is 5.41 Å². The Morgan fingerprint density at radius 3 is 2.43 bits per heavy atom. The monoisotopic (exact) mass is 331 g/mol. The highest BCUT2D eigenvalue weighted by atomic mass is 16.7. The molecule has 1 aliphatic rings. The van der Waals surface area contributed by atoms with Crippen molar-refractivity contribution in [3.05, 3.63) is 10.1 Å². The molecule has 1 saturated heterocycles. The second kappa shape index (κ2) is 7.83. The van der Waals surface area contributed by atoms with Gasteiger partial charge in [0.25, 0.3) is 5.54 Å². The van der Waals surface area contributed by atoms with Crippen LogP contribution in [0.4, 0.5) is 0 Å². The second-order valence-corrected chi connectivity index (χ2v) is 6.04. The van der Waals surface area contributed by atoms with E-state index in [0.717, 1.165) is 19.8 Å². The molecule has 1 aliphatic heterocycles. The highest BCUT2D eigenvalue weighted by molar-refractivity contribution is 6.03. The first-order valence-corrected chi connectivity index (χ1v) is 7.76. The third-order valence-corrected chi connectivity index (χ3v) is 4.56. The third-order valence-electron chi connectivity index (χ3n) is 4.56. The summed E-state index contributed by atoms with van der Waals surface area (Å²) in [5.41, 5.74) is -3.90. The zero-order valence-electron chi connectivity index (χ0n) is 14.1. The molecule has 8 heteroatoms. The number of esters is 1. The van der Waals surface area contributed by atoms with Gasteiger partial charge < -0.3 is 14.2 Å². The van der Waals surface area contributed by atoms with Gasteiger partial charge >= 0.3 is 5.97 Å². The Labute approximate surface area is 135 Å². The van der Waals surface area contributed by atoms with E-state index in [1.165, 1.54) is 13.8 Å². The van der Waals surface area contributed by atoms with Crippen molar-refractivity contribution < 1.29 is 28.7 Å². The largest absolute Gasteiger partial charge is 0.465 e. The molecule has 1 heterocycles. The normalized spacial score (nSPS) is 23.4. The van der Waals surface area contributed by atoms with Gasteiger partial charge in [-0.05, 0) is 40.0 Å². The number of nitrogens with zero attached hydrogens (tertiary/aromatic N) is 1. The van der Waals surface area contributed by atoms with Gasteiger partial charge in [-0.2, -0.15) is 0 Å². The molecule has 0 aromatic rings. The summed E-state index contributed by atoms with van der Waals surface area (Å²) in [4.78, 5) is 35.4. The average molecular weight is 331 g/mol. The fourth-order valence-corrected chi connectivity index (χ4v) is 2.50. The summed E-state index contributed by atoms with van der Waals surface area (Å²) in [6.45, 7) is 5.34. The van der Waals surface area contributed by atoms with E-state index in [0.29, 0.717) is 13.0 Å².